The SMILES string of the molecule is CNC(C)Cc1noc(/C=C/c2ccc(C)cc2)n1.Cl. The van der Waals surface area contributed by atoms with Gasteiger partial charge in [0.15, 0.2) is 5.82 Å². The normalized spacial score (nSPS) is 12.3. The standard InChI is InChI=1S/C15H19N3O.ClH/c1-11-4-6-13(7-5-11)8-9-15-17-14(18-19-15)10-12(2)16-3;/h4-9,12,16H,10H2,1-3H3;1H/b9-8+;. The van der Waals surface area contributed by atoms with Crippen LogP contribution in [0.15, 0.2) is 28.8 Å². The topological polar surface area (TPSA) is 51.0 Å². The van der Waals surface area contributed by atoms with Gasteiger partial charge in [0.25, 0.3) is 5.89 Å². The summed E-state index contributed by atoms with van der Waals surface area (Å²) < 4.78 is 5.18. The maximum atomic E-state index is 5.18. The smallest absolute Gasteiger partial charge is 0.250 e. The maximum Gasteiger partial charge on any atom is 0.250 e. The summed E-state index contributed by atoms with van der Waals surface area (Å²) in [5.41, 5.74) is 2.37. The number of benzene rings is 1. The van der Waals surface area contributed by atoms with Crippen molar-refractivity contribution in [1.29, 1.82) is 0 Å². The maximum absolute atomic E-state index is 5.18. The van der Waals surface area contributed by atoms with E-state index in [0.717, 1.165) is 17.8 Å². The number of halogens is 1. The lowest BCUT2D eigenvalue weighted by Gasteiger charge is -2.04. The largest absolute Gasteiger partial charge is 0.335 e. The van der Waals surface area contributed by atoms with Gasteiger partial charge >= 0.3 is 0 Å². The quantitative estimate of drug-likeness (QED) is 0.920. The summed E-state index contributed by atoms with van der Waals surface area (Å²) in [5.74, 6) is 1.27. The molecule has 0 spiro atoms. The minimum absolute atomic E-state index is 0. The summed E-state index contributed by atoms with van der Waals surface area (Å²) in [6, 6.07) is 8.62. The molecule has 2 rings (SSSR count). The zero-order valence-corrected chi connectivity index (χ0v) is 12.8. The van der Waals surface area contributed by atoms with Crippen molar-refractivity contribution in [2.45, 2.75) is 26.3 Å². The molecule has 2 aromatic rings. The first kappa shape index (κ1) is 16.4. The molecule has 0 saturated carbocycles. The van der Waals surface area contributed by atoms with Gasteiger partial charge in [0.2, 0.25) is 0 Å². The molecule has 4 nitrogen and oxygen atoms in total. The third kappa shape index (κ3) is 4.79. The molecule has 108 valence electrons. The number of rotatable bonds is 5. The third-order valence-electron chi connectivity index (χ3n) is 2.96. The van der Waals surface area contributed by atoms with Crippen LogP contribution < -0.4 is 5.32 Å². The lowest BCUT2D eigenvalue weighted by atomic mass is 10.1. The van der Waals surface area contributed by atoms with Gasteiger partial charge in [-0.15, -0.1) is 12.4 Å². The Balaban J connectivity index is 0.00000200. The monoisotopic (exact) mass is 293 g/mol. The first-order valence-corrected chi connectivity index (χ1v) is 6.42. The number of aromatic nitrogens is 2. The Labute approximate surface area is 125 Å². The van der Waals surface area contributed by atoms with Crippen LogP contribution in [-0.2, 0) is 6.42 Å². The highest BCUT2D eigenvalue weighted by Gasteiger charge is 2.07. The van der Waals surface area contributed by atoms with Gasteiger partial charge in [-0.3, -0.25) is 0 Å². The summed E-state index contributed by atoms with van der Waals surface area (Å²) in [7, 11) is 1.92. The van der Waals surface area contributed by atoms with E-state index in [0.29, 0.717) is 11.9 Å². The predicted molar refractivity (Wildman–Crippen MR) is 83.9 cm³/mol. The third-order valence-corrected chi connectivity index (χ3v) is 2.96. The van der Waals surface area contributed by atoms with Crippen molar-refractivity contribution in [2.75, 3.05) is 7.05 Å². The van der Waals surface area contributed by atoms with E-state index in [1.807, 2.05) is 19.2 Å². The lowest BCUT2D eigenvalue weighted by Crippen LogP contribution is -2.24. The van der Waals surface area contributed by atoms with Gasteiger partial charge in [-0.05, 0) is 32.5 Å². The molecule has 5 heteroatoms. The molecule has 1 unspecified atom stereocenters. The zero-order chi connectivity index (χ0) is 13.7. The molecule has 0 amide bonds. The summed E-state index contributed by atoms with van der Waals surface area (Å²) in [6.07, 6.45) is 4.57. The van der Waals surface area contributed by atoms with Crippen molar-refractivity contribution in [3.8, 4) is 0 Å². The fourth-order valence-electron chi connectivity index (χ4n) is 1.64. The first-order chi connectivity index (χ1) is 9.17. The van der Waals surface area contributed by atoms with E-state index >= 15 is 0 Å². The molecule has 1 atom stereocenters. The molecular weight excluding hydrogens is 274 g/mol. The summed E-state index contributed by atoms with van der Waals surface area (Å²) in [4.78, 5) is 4.33. The van der Waals surface area contributed by atoms with Crippen LogP contribution in [0.2, 0.25) is 0 Å². The molecule has 0 saturated heterocycles. The summed E-state index contributed by atoms with van der Waals surface area (Å²) in [5, 5.41) is 7.10. The molecule has 0 fully saturated rings. The highest BCUT2D eigenvalue weighted by Crippen LogP contribution is 2.09. The Morgan fingerprint density at radius 1 is 1.25 bits per heavy atom. The van der Waals surface area contributed by atoms with Gasteiger partial charge in [-0.25, -0.2) is 0 Å². The molecule has 1 aromatic heterocycles. The summed E-state index contributed by atoms with van der Waals surface area (Å²) >= 11 is 0. The van der Waals surface area contributed by atoms with Crippen LogP contribution in [0.4, 0.5) is 0 Å². The van der Waals surface area contributed by atoms with Crippen molar-refractivity contribution in [2.24, 2.45) is 0 Å². The number of hydrogen-bond donors (Lipinski definition) is 1. The van der Waals surface area contributed by atoms with Crippen molar-refractivity contribution < 1.29 is 4.52 Å². The first-order valence-electron chi connectivity index (χ1n) is 6.42. The highest BCUT2D eigenvalue weighted by atomic mass is 35.5. The van der Waals surface area contributed by atoms with Gasteiger partial charge in [0, 0.05) is 18.5 Å². The molecule has 0 aliphatic rings. The second-order valence-corrected chi connectivity index (χ2v) is 4.69. The molecule has 0 aliphatic heterocycles. The minimum Gasteiger partial charge on any atom is -0.335 e. The number of likely N-dealkylation sites (N-methyl/N-ethyl adjacent to an activating group) is 1. The highest BCUT2D eigenvalue weighted by molar-refractivity contribution is 5.85. The van der Waals surface area contributed by atoms with Crippen LogP contribution in [0.1, 0.15) is 29.8 Å². The van der Waals surface area contributed by atoms with E-state index in [2.05, 4.69) is 53.6 Å². The lowest BCUT2D eigenvalue weighted by molar-refractivity contribution is 0.400. The predicted octanol–water partition coefficient (Wildman–Crippen LogP) is 3.12. The van der Waals surface area contributed by atoms with Crippen LogP contribution in [-0.4, -0.2) is 23.2 Å². The van der Waals surface area contributed by atoms with Crippen LogP contribution >= 0.6 is 12.4 Å². The van der Waals surface area contributed by atoms with E-state index in [4.69, 9.17) is 4.52 Å². The zero-order valence-electron chi connectivity index (χ0n) is 12.0. The van der Waals surface area contributed by atoms with E-state index in [-0.39, 0.29) is 12.4 Å². The van der Waals surface area contributed by atoms with Crippen LogP contribution in [0, 0.1) is 6.92 Å². The Morgan fingerprint density at radius 3 is 2.60 bits per heavy atom. The van der Waals surface area contributed by atoms with Crippen LogP contribution in [0.25, 0.3) is 12.2 Å². The average Bonchev–Trinajstić information content (AvgIpc) is 2.85. The Hall–Kier alpha value is -1.65. The Morgan fingerprint density at radius 2 is 1.95 bits per heavy atom. The fourth-order valence-corrected chi connectivity index (χ4v) is 1.64. The molecule has 0 bridgehead atoms. The Kier molecular flexibility index (Phi) is 6.42. The van der Waals surface area contributed by atoms with Crippen LogP contribution in [0.3, 0.4) is 0 Å². The number of nitrogens with one attached hydrogen (secondary N) is 1. The van der Waals surface area contributed by atoms with Crippen molar-refractivity contribution in [3.05, 3.63) is 47.1 Å². The molecule has 1 aromatic carbocycles. The Bertz CT molecular complexity index is 549. The fraction of sp³-hybridized carbons (Fsp3) is 0.333. The minimum atomic E-state index is 0. The van der Waals surface area contributed by atoms with E-state index in [1.54, 1.807) is 0 Å². The molecule has 1 N–H and O–H groups in total. The van der Waals surface area contributed by atoms with Gasteiger partial charge in [0.05, 0.1) is 0 Å². The van der Waals surface area contributed by atoms with Crippen LogP contribution in [0.5, 0.6) is 0 Å². The molecular formula is C15H20ClN3O. The van der Waals surface area contributed by atoms with Crippen molar-refractivity contribution >= 4 is 24.6 Å². The average molecular weight is 294 g/mol. The number of hydrogen-bond acceptors (Lipinski definition) is 4. The van der Waals surface area contributed by atoms with Gasteiger partial charge in [-0.2, -0.15) is 4.98 Å². The molecule has 0 aliphatic carbocycles. The van der Waals surface area contributed by atoms with Crippen molar-refractivity contribution in [3.63, 3.8) is 0 Å². The van der Waals surface area contributed by atoms with E-state index in [9.17, 15) is 0 Å². The molecule has 20 heavy (non-hydrogen) atoms. The van der Waals surface area contributed by atoms with Crippen molar-refractivity contribution in [1.82, 2.24) is 15.5 Å². The second kappa shape index (κ2) is 7.82. The molecule has 0 radical (unpaired) electrons. The van der Waals surface area contributed by atoms with Gasteiger partial charge in [-0.1, -0.05) is 35.0 Å². The van der Waals surface area contributed by atoms with E-state index in [1.165, 1.54) is 5.56 Å². The second-order valence-electron chi connectivity index (χ2n) is 4.69. The summed E-state index contributed by atoms with van der Waals surface area (Å²) in [6.45, 7) is 4.15. The van der Waals surface area contributed by atoms with E-state index < -0.39 is 0 Å². The van der Waals surface area contributed by atoms with Gasteiger partial charge < -0.3 is 9.84 Å². The molecule has 1 heterocycles. The number of aryl methyl sites for hydroxylation is 1. The number of nitrogens with zero attached hydrogens (tertiary/aromatic N) is 2. The van der Waals surface area contributed by atoms with Gasteiger partial charge in [0.1, 0.15) is 0 Å².